The Hall–Kier alpha value is -1.76. The maximum absolute atomic E-state index is 14.1. The average Bonchev–Trinajstić information content (AvgIpc) is 3.03. The Morgan fingerprint density at radius 2 is 1.88 bits per heavy atom. The van der Waals surface area contributed by atoms with Crippen LogP contribution in [0.1, 0.15) is 17.0 Å². The Labute approximate surface area is 142 Å². The van der Waals surface area contributed by atoms with Crippen LogP contribution in [0.3, 0.4) is 0 Å². The second-order valence-corrected chi connectivity index (χ2v) is 8.18. The molecule has 0 radical (unpaired) electrons. The van der Waals surface area contributed by atoms with Gasteiger partial charge >= 0.3 is 0 Å². The van der Waals surface area contributed by atoms with Crippen molar-refractivity contribution in [2.45, 2.75) is 17.7 Å². The number of nitrogens with zero attached hydrogens (tertiary/aromatic N) is 1. The number of sulfonamides is 1. The monoisotopic (exact) mass is 348 g/mol. The third-order valence-electron chi connectivity index (χ3n) is 4.64. The zero-order chi connectivity index (χ0) is 17.3. The first-order valence-electron chi connectivity index (χ1n) is 7.95. The van der Waals surface area contributed by atoms with E-state index in [4.69, 9.17) is 5.73 Å². The summed E-state index contributed by atoms with van der Waals surface area (Å²) in [5, 5.41) is 0. The van der Waals surface area contributed by atoms with E-state index in [9.17, 15) is 12.8 Å². The summed E-state index contributed by atoms with van der Waals surface area (Å²) >= 11 is 0. The van der Waals surface area contributed by atoms with Crippen molar-refractivity contribution in [1.82, 2.24) is 4.31 Å². The molecule has 4 nitrogen and oxygen atoms in total. The van der Waals surface area contributed by atoms with Crippen LogP contribution < -0.4 is 5.73 Å². The lowest BCUT2D eigenvalue weighted by Gasteiger charge is -2.17. The minimum Gasteiger partial charge on any atom is -0.330 e. The predicted molar refractivity (Wildman–Crippen MR) is 91.6 cm³/mol. The zero-order valence-corrected chi connectivity index (χ0v) is 14.3. The van der Waals surface area contributed by atoms with E-state index in [0.717, 1.165) is 5.56 Å². The van der Waals surface area contributed by atoms with Crippen molar-refractivity contribution >= 4 is 10.0 Å². The van der Waals surface area contributed by atoms with Crippen LogP contribution in [0.25, 0.3) is 0 Å². The Balaban J connectivity index is 1.94. The van der Waals surface area contributed by atoms with Gasteiger partial charge in [-0.15, -0.1) is 0 Å². The van der Waals surface area contributed by atoms with Gasteiger partial charge in [0.15, 0.2) is 0 Å². The van der Waals surface area contributed by atoms with Gasteiger partial charge in [-0.1, -0.05) is 36.4 Å². The van der Waals surface area contributed by atoms with Gasteiger partial charge in [0.05, 0.1) is 0 Å². The summed E-state index contributed by atoms with van der Waals surface area (Å²) in [4.78, 5) is -0.257. The molecule has 2 aromatic carbocycles. The SMILES string of the molecule is Cc1ccc(F)c(S(=O)(=O)N2C[C@@H](CN)[C@H](c3ccccc3)C2)c1. The fourth-order valence-electron chi connectivity index (χ4n) is 3.29. The number of hydrogen-bond donors (Lipinski definition) is 1. The lowest BCUT2D eigenvalue weighted by atomic mass is 9.89. The largest absolute Gasteiger partial charge is 0.330 e. The molecular weight excluding hydrogens is 327 g/mol. The molecule has 2 N–H and O–H groups in total. The molecule has 3 rings (SSSR count). The Kier molecular flexibility index (Phi) is 4.71. The normalized spacial score (nSPS) is 22.0. The van der Waals surface area contributed by atoms with Gasteiger partial charge in [0.2, 0.25) is 10.0 Å². The van der Waals surface area contributed by atoms with Crippen LogP contribution in [0, 0.1) is 18.7 Å². The molecule has 128 valence electrons. The molecule has 0 aliphatic carbocycles. The van der Waals surface area contributed by atoms with Crippen LogP contribution in [0.2, 0.25) is 0 Å². The van der Waals surface area contributed by atoms with Crippen LogP contribution in [0.15, 0.2) is 53.4 Å². The van der Waals surface area contributed by atoms with Crippen molar-refractivity contribution < 1.29 is 12.8 Å². The Morgan fingerprint density at radius 3 is 2.54 bits per heavy atom. The van der Waals surface area contributed by atoms with Crippen molar-refractivity contribution in [2.75, 3.05) is 19.6 Å². The van der Waals surface area contributed by atoms with Crippen LogP contribution in [-0.2, 0) is 10.0 Å². The average molecular weight is 348 g/mol. The molecule has 0 amide bonds. The summed E-state index contributed by atoms with van der Waals surface area (Å²) in [7, 11) is -3.87. The molecule has 1 fully saturated rings. The summed E-state index contributed by atoms with van der Waals surface area (Å²) in [6, 6.07) is 13.9. The van der Waals surface area contributed by atoms with E-state index in [1.807, 2.05) is 30.3 Å². The summed E-state index contributed by atoms with van der Waals surface area (Å²) in [5.41, 5.74) is 7.64. The third-order valence-corrected chi connectivity index (χ3v) is 6.49. The number of rotatable bonds is 4. The van der Waals surface area contributed by atoms with Gasteiger partial charge in [0, 0.05) is 19.0 Å². The molecule has 0 spiro atoms. The standard InChI is InChI=1S/C18H21FN2O2S/c1-13-7-8-17(19)18(9-13)24(22,23)21-11-15(10-20)16(12-21)14-5-3-2-4-6-14/h2-9,15-16H,10-12,20H2,1H3/t15-,16+/m1/s1. The summed E-state index contributed by atoms with van der Waals surface area (Å²) in [6.45, 7) is 2.77. The molecule has 2 aromatic rings. The molecular formula is C18H21FN2O2S. The van der Waals surface area contributed by atoms with Gasteiger partial charge < -0.3 is 5.73 Å². The van der Waals surface area contributed by atoms with Crippen molar-refractivity contribution in [1.29, 1.82) is 0 Å². The second kappa shape index (κ2) is 6.63. The molecule has 0 unspecified atom stereocenters. The van der Waals surface area contributed by atoms with E-state index in [1.165, 1.54) is 16.4 Å². The first kappa shape index (κ1) is 17.1. The fraction of sp³-hybridized carbons (Fsp3) is 0.333. The van der Waals surface area contributed by atoms with Gasteiger partial charge in [0.25, 0.3) is 0 Å². The molecule has 1 saturated heterocycles. The molecule has 1 aliphatic rings. The highest BCUT2D eigenvalue weighted by atomic mass is 32.2. The maximum Gasteiger partial charge on any atom is 0.246 e. The lowest BCUT2D eigenvalue weighted by Crippen LogP contribution is -2.30. The zero-order valence-electron chi connectivity index (χ0n) is 13.5. The molecule has 6 heteroatoms. The maximum atomic E-state index is 14.1. The highest BCUT2D eigenvalue weighted by Gasteiger charge is 2.40. The van der Waals surface area contributed by atoms with E-state index >= 15 is 0 Å². The van der Waals surface area contributed by atoms with Crippen LogP contribution >= 0.6 is 0 Å². The fourth-order valence-corrected chi connectivity index (χ4v) is 4.96. The van der Waals surface area contributed by atoms with Gasteiger partial charge in [-0.25, -0.2) is 12.8 Å². The van der Waals surface area contributed by atoms with Gasteiger partial charge in [-0.05, 0) is 42.6 Å². The van der Waals surface area contributed by atoms with Crippen molar-refractivity contribution in [3.8, 4) is 0 Å². The highest BCUT2D eigenvalue weighted by molar-refractivity contribution is 7.89. The summed E-state index contributed by atoms with van der Waals surface area (Å²) < 4.78 is 41.2. The first-order valence-corrected chi connectivity index (χ1v) is 9.39. The van der Waals surface area contributed by atoms with E-state index in [1.54, 1.807) is 13.0 Å². The predicted octanol–water partition coefficient (Wildman–Crippen LogP) is 2.50. The van der Waals surface area contributed by atoms with E-state index in [0.29, 0.717) is 25.2 Å². The van der Waals surface area contributed by atoms with Crippen molar-refractivity contribution in [2.24, 2.45) is 11.7 Å². The highest BCUT2D eigenvalue weighted by Crippen LogP contribution is 2.35. The van der Waals surface area contributed by atoms with E-state index in [2.05, 4.69) is 0 Å². The number of benzene rings is 2. The Bertz CT molecular complexity index is 824. The minimum absolute atomic E-state index is 0.0232. The number of halogens is 1. The van der Waals surface area contributed by atoms with Crippen LogP contribution in [-0.4, -0.2) is 32.4 Å². The lowest BCUT2D eigenvalue weighted by molar-refractivity contribution is 0.453. The van der Waals surface area contributed by atoms with Crippen molar-refractivity contribution in [3.05, 3.63) is 65.5 Å². The first-order chi connectivity index (χ1) is 11.4. The molecule has 1 aliphatic heterocycles. The van der Waals surface area contributed by atoms with Crippen LogP contribution in [0.5, 0.6) is 0 Å². The van der Waals surface area contributed by atoms with Crippen molar-refractivity contribution in [3.63, 3.8) is 0 Å². The molecule has 0 bridgehead atoms. The minimum atomic E-state index is -3.87. The molecule has 24 heavy (non-hydrogen) atoms. The number of aryl methyl sites for hydroxylation is 1. The summed E-state index contributed by atoms with van der Waals surface area (Å²) in [6.07, 6.45) is 0. The van der Waals surface area contributed by atoms with Gasteiger partial charge in [-0.2, -0.15) is 4.31 Å². The molecule has 2 atom stereocenters. The number of hydrogen-bond acceptors (Lipinski definition) is 3. The summed E-state index contributed by atoms with van der Waals surface area (Å²) in [5.74, 6) is -0.665. The quantitative estimate of drug-likeness (QED) is 0.923. The van der Waals surface area contributed by atoms with Gasteiger partial charge in [0.1, 0.15) is 10.7 Å². The van der Waals surface area contributed by atoms with E-state index in [-0.39, 0.29) is 16.7 Å². The molecule has 0 aromatic heterocycles. The van der Waals surface area contributed by atoms with E-state index < -0.39 is 15.8 Å². The van der Waals surface area contributed by atoms with Crippen LogP contribution in [0.4, 0.5) is 4.39 Å². The third kappa shape index (κ3) is 3.09. The molecule has 1 heterocycles. The number of nitrogens with two attached hydrogens (primary N) is 1. The molecule has 0 saturated carbocycles. The smallest absolute Gasteiger partial charge is 0.246 e. The second-order valence-electron chi connectivity index (χ2n) is 6.27. The Morgan fingerprint density at radius 1 is 1.17 bits per heavy atom. The topological polar surface area (TPSA) is 63.4 Å². The van der Waals surface area contributed by atoms with Gasteiger partial charge in [-0.3, -0.25) is 0 Å².